The smallest absolute Gasteiger partial charge is 0.213 e. The van der Waals surface area contributed by atoms with Gasteiger partial charge in [-0.15, -0.1) is 0 Å². The predicted molar refractivity (Wildman–Crippen MR) is 56.7 cm³/mol. The largest absolute Gasteiger partial charge is 0.474 e. The van der Waals surface area contributed by atoms with Crippen LogP contribution in [0.2, 0.25) is 0 Å². The number of rotatable bonds is 3. The van der Waals surface area contributed by atoms with Crippen molar-refractivity contribution in [2.75, 3.05) is 0 Å². The number of pyridine rings is 1. The molecule has 1 aliphatic rings. The molecule has 0 N–H and O–H groups in total. The fourth-order valence-electron chi connectivity index (χ4n) is 1.93. The van der Waals surface area contributed by atoms with Crippen LogP contribution in [0.1, 0.15) is 25.7 Å². The van der Waals surface area contributed by atoms with E-state index in [1.807, 2.05) is 18.2 Å². The lowest BCUT2D eigenvalue weighted by molar-refractivity contribution is -0.112. The number of hydrogen-bond acceptors (Lipinski definition) is 3. The van der Waals surface area contributed by atoms with Crippen LogP contribution in [0.3, 0.4) is 0 Å². The molecule has 1 heterocycles. The predicted octanol–water partition coefficient (Wildman–Crippen LogP) is 2.22. The number of aldehydes is 1. The Morgan fingerprint density at radius 2 is 2.07 bits per heavy atom. The van der Waals surface area contributed by atoms with E-state index in [0.29, 0.717) is 5.88 Å². The first kappa shape index (κ1) is 10.1. The Bertz CT molecular complexity index is 305. The maximum absolute atomic E-state index is 10.6. The van der Waals surface area contributed by atoms with E-state index in [1.54, 1.807) is 6.20 Å². The molecule has 1 aliphatic carbocycles. The molecule has 0 saturated heterocycles. The average molecular weight is 205 g/mol. The highest BCUT2D eigenvalue weighted by molar-refractivity contribution is 5.53. The third kappa shape index (κ3) is 2.78. The summed E-state index contributed by atoms with van der Waals surface area (Å²) in [4.78, 5) is 14.7. The van der Waals surface area contributed by atoms with Gasteiger partial charge in [-0.2, -0.15) is 0 Å². The first-order chi connectivity index (χ1) is 7.38. The van der Waals surface area contributed by atoms with E-state index in [9.17, 15) is 4.79 Å². The summed E-state index contributed by atoms with van der Waals surface area (Å²) >= 11 is 0. The zero-order chi connectivity index (χ0) is 10.5. The molecule has 0 aromatic carbocycles. The van der Waals surface area contributed by atoms with E-state index in [1.165, 1.54) is 0 Å². The summed E-state index contributed by atoms with van der Waals surface area (Å²) in [5.74, 6) is 0.931. The number of aromatic nitrogens is 1. The summed E-state index contributed by atoms with van der Waals surface area (Å²) in [7, 11) is 0. The van der Waals surface area contributed by atoms with E-state index < -0.39 is 0 Å². The third-order valence-electron chi connectivity index (χ3n) is 2.84. The van der Waals surface area contributed by atoms with Gasteiger partial charge in [0, 0.05) is 18.2 Å². The maximum Gasteiger partial charge on any atom is 0.213 e. The fraction of sp³-hybridized carbons (Fsp3) is 0.500. The van der Waals surface area contributed by atoms with E-state index in [0.717, 1.165) is 32.0 Å². The molecule has 15 heavy (non-hydrogen) atoms. The molecule has 0 unspecified atom stereocenters. The summed E-state index contributed by atoms with van der Waals surface area (Å²) in [5.41, 5.74) is 0. The molecule has 0 amide bonds. The zero-order valence-electron chi connectivity index (χ0n) is 8.63. The highest BCUT2D eigenvalue weighted by Gasteiger charge is 2.21. The van der Waals surface area contributed by atoms with Crippen molar-refractivity contribution < 1.29 is 9.53 Å². The minimum atomic E-state index is 0.232. The van der Waals surface area contributed by atoms with Crippen molar-refractivity contribution in [1.29, 1.82) is 0 Å². The van der Waals surface area contributed by atoms with Gasteiger partial charge in [0.05, 0.1) is 0 Å². The molecule has 0 atom stereocenters. The van der Waals surface area contributed by atoms with Crippen molar-refractivity contribution in [2.45, 2.75) is 31.8 Å². The van der Waals surface area contributed by atoms with E-state index in [2.05, 4.69) is 4.98 Å². The number of carbonyl (C=O) groups is 1. The van der Waals surface area contributed by atoms with Crippen LogP contribution in [0, 0.1) is 5.92 Å². The highest BCUT2D eigenvalue weighted by atomic mass is 16.5. The fourth-order valence-corrected chi connectivity index (χ4v) is 1.93. The molecule has 80 valence electrons. The summed E-state index contributed by atoms with van der Waals surface area (Å²) < 4.78 is 5.72. The topological polar surface area (TPSA) is 39.2 Å². The molecule has 0 bridgehead atoms. The molecule has 0 radical (unpaired) electrons. The molecule has 1 fully saturated rings. The molecule has 0 spiro atoms. The van der Waals surface area contributed by atoms with Gasteiger partial charge in [0.25, 0.3) is 0 Å². The molecular formula is C12H15NO2. The molecule has 2 rings (SSSR count). The van der Waals surface area contributed by atoms with Gasteiger partial charge in [0.2, 0.25) is 5.88 Å². The summed E-state index contributed by atoms with van der Waals surface area (Å²) in [6, 6.07) is 5.65. The highest BCUT2D eigenvalue weighted by Crippen LogP contribution is 2.25. The Balaban J connectivity index is 1.85. The van der Waals surface area contributed by atoms with Gasteiger partial charge in [-0.1, -0.05) is 6.07 Å². The van der Waals surface area contributed by atoms with Gasteiger partial charge in [-0.05, 0) is 31.7 Å². The van der Waals surface area contributed by atoms with Crippen molar-refractivity contribution in [2.24, 2.45) is 5.92 Å². The monoisotopic (exact) mass is 205 g/mol. The van der Waals surface area contributed by atoms with Crippen molar-refractivity contribution in [1.82, 2.24) is 4.98 Å². The lowest BCUT2D eigenvalue weighted by atomic mass is 9.88. The Kier molecular flexibility index (Phi) is 3.33. The van der Waals surface area contributed by atoms with Crippen molar-refractivity contribution in [3.8, 4) is 5.88 Å². The summed E-state index contributed by atoms with van der Waals surface area (Å²) in [6.45, 7) is 0. The molecular weight excluding hydrogens is 190 g/mol. The quantitative estimate of drug-likeness (QED) is 0.710. The van der Waals surface area contributed by atoms with Crippen LogP contribution in [-0.4, -0.2) is 17.4 Å². The molecule has 1 aromatic rings. The van der Waals surface area contributed by atoms with Gasteiger partial charge in [-0.25, -0.2) is 4.98 Å². The minimum Gasteiger partial charge on any atom is -0.474 e. The second kappa shape index (κ2) is 4.91. The summed E-state index contributed by atoms with van der Waals surface area (Å²) in [6.07, 6.45) is 6.84. The maximum atomic E-state index is 10.6. The van der Waals surface area contributed by atoms with Gasteiger partial charge < -0.3 is 9.53 Å². The second-order valence-electron chi connectivity index (χ2n) is 3.96. The average Bonchev–Trinajstić information content (AvgIpc) is 2.31. The van der Waals surface area contributed by atoms with Crippen LogP contribution < -0.4 is 4.74 Å². The van der Waals surface area contributed by atoms with Gasteiger partial charge in [0.15, 0.2) is 0 Å². The zero-order valence-corrected chi connectivity index (χ0v) is 8.63. The Morgan fingerprint density at radius 1 is 1.27 bits per heavy atom. The van der Waals surface area contributed by atoms with Crippen LogP contribution in [-0.2, 0) is 4.79 Å². The molecule has 1 saturated carbocycles. The van der Waals surface area contributed by atoms with Crippen molar-refractivity contribution in [3.05, 3.63) is 24.4 Å². The number of ether oxygens (including phenoxy) is 1. The molecule has 0 aliphatic heterocycles. The number of hydrogen-bond donors (Lipinski definition) is 0. The van der Waals surface area contributed by atoms with Crippen LogP contribution >= 0.6 is 0 Å². The van der Waals surface area contributed by atoms with E-state index in [-0.39, 0.29) is 12.0 Å². The summed E-state index contributed by atoms with van der Waals surface area (Å²) in [5, 5.41) is 0. The van der Waals surface area contributed by atoms with Crippen LogP contribution in [0.15, 0.2) is 24.4 Å². The number of nitrogens with zero attached hydrogens (tertiary/aromatic N) is 1. The molecule has 1 aromatic heterocycles. The van der Waals surface area contributed by atoms with E-state index >= 15 is 0 Å². The Morgan fingerprint density at radius 3 is 2.67 bits per heavy atom. The van der Waals surface area contributed by atoms with Gasteiger partial charge >= 0.3 is 0 Å². The van der Waals surface area contributed by atoms with Gasteiger partial charge in [0.1, 0.15) is 12.4 Å². The van der Waals surface area contributed by atoms with Crippen molar-refractivity contribution >= 4 is 6.29 Å². The standard InChI is InChI=1S/C12H15NO2/c14-9-10-4-6-11(7-5-10)15-12-3-1-2-8-13-12/h1-3,8-11H,4-7H2. The van der Waals surface area contributed by atoms with Gasteiger partial charge in [-0.3, -0.25) is 0 Å². The van der Waals surface area contributed by atoms with Crippen LogP contribution in [0.4, 0.5) is 0 Å². The lowest BCUT2D eigenvalue weighted by Gasteiger charge is -2.25. The Hall–Kier alpha value is -1.38. The van der Waals surface area contributed by atoms with Crippen molar-refractivity contribution in [3.63, 3.8) is 0 Å². The molecule has 3 heteroatoms. The van der Waals surface area contributed by atoms with Crippen LogP contribution in [0.5, 0.6) is 5.88 Å². The van der Waals surface area contributed by atoms with Crippen LogP contribution in [0.25, 0.3) is 0 Å². The molecule has 3 nitrogen and oxygen atoms in total. The first-order valence-electron chi connectivity index (χ1n) is 5.41. The lowest BCUT2D eigenvalue weighted by Crippen LogP contribution is -2.24. The third-order valence-corrected chi connectivity index (χ3v) is 2.84. The number of carbonyl (C=O) groups excluding carboxylic acids is 1. The Labute approximate surface area is 89.5 Å². The first-order valence-corrected chi connectivity index (χ1v) is 5.41. The second-order valence-corrected chi connectivity index (χ2v) is 3.96. The normalized spacial score (nSPS) is 25.9. The minimum absolute atomic E-state index is 0.232. The SMILES string of the molecule is O=CC1CCC(Oc2ccccn2)CC1. The van der Waals surface area contributed by atoms with E-state index in [4.69, 9.17) is 4.74 Å².